The van der Waals surface area contributed by atoms with Gasteiger partial charge >= 0.3 is 0 Å². The number of benzene rings is 1. The van der Waals surface area contributed by atoms with E-state index in [-0.39, 0.29) is 0 Å². The SMILES string of the molecule is CCn1nc(C)c(Br)c1COc1ccc(Cl)c(Cl)c1. The summed E-state index contributed by atoms with van der Waals surface area (Å²) in [7, 11) is 0. The van der Waals surface area contributed by atoms with Gasteiger partial charge in [-0.3, -0.25) is 4.68 Å². The number of aromatic nitrogens is 2. The topological polar surface area (TPSA) is 27.1 Å². The molecular weight excluding hydrogens is 351 g/mol. The van der Waals surface area contributed by atoms with Gasteiger partial charge in [0.1, 0.15) is 12.4 Å². The molecule has 6 heteroatoms. The number of halogens is 3. The van der Waals surface area contributed by atoms with Crippen molar-refractivity contribution >= 4 is 39.1 Å². The molecule has 1 aromatic carbocycles. The minimum atomic E-state index is 0.424. The maximum absolute atomic E-state index is 5.95. The van der Waals surface area contributed by atoms with Gasteiger partial charge in [-0.15, -0.1) is 0 Å². The zero-order valence-electron chi connectivity index (χ0n) is 10.6. The van der Waals surface area contributed by atoms with Crippen LogP contribution < -0.4 is 4.74 Å². The lowest BCUT2D eigenvalue weighted by atomic mass is 10.3. The number of rotatable bonds is 4. The first-order valence-electron chi connectivity index (χ1n) is 5.82. The van der Waals surface area contributed by atoms with Crippen LogP contribution in [0.1, 0.15) is 18.3 Å². The van der Waals surface area contributed by atoms with E-state index in [9.17, 15) is 0 Å². The molecule has 1 aromatic heterocycles. The standard InChI is InChI=1S/C13H13BrCl2N2O/c1-3-18-12(13(14)8(2)17-18)7-19-9-4-5-10(15)11(16)6-9/h4-6H,3,7H2,1-2H3. The van der Waals surface area contributed by atoms with E-state index in [2.05, 4.69) is 21.0 Å². The zero-order valence-corrected chi connectivity index (χ0v) is 13.7. The van der Waals surface area contributed by atoms with Crippen LogP contribution in [0.25, 0.3) is 0 Å². The van der Waals surface area contributed by atoms with Crippen LogP contribution in [-0.2, 0) is 13.2 Å². The molecule has 0 fully saturated rings. The van der Waals surface area contributed by atoms with Crippen LogP contribution >= 0.6 is 39.1 Å². The molecule has 2 rings (SSSR count). The van der Waals surface area contributed by atoms with Crippen molar-refractivity contribution < 1.29 is 4.74 Å². The van der Waals surface area contributed by atoms with Gasteiger partial charge in [-0.05, 0) is 41.9 Å². The third kappa shape index (κ3) is 3.25. The normalized spacial score (nSPS) is 10.8. The van der Waals surface area contributed by atoms with Crippen molar-refractivity contribution in [1.29, 1.82) is 0 Å². The summed E-state index contributed by atoms with van der Waals surface area (Å²) >= 11 is 15.3. The number of aryl methyl sites for hydroxylation is 2. The molecule has 0 radical (unpaired) electrons. The zero-order chi connectivity index (χ0) is 14.0. The van der Waals surface area contributed by atoms with Gasteiger partial charge in [0.15, 0.2) is 0 Å². The van der Waals surface area contributed by atoms with Crippen LogP contribution in [0.15, 0.2) is 22.7 Å². The molecule has 2 aromatic rings. The molecule has 0 saturated carbocycles. The molecule has 3 nitrogen and oxygen atoms in total. The maximum Gasteiger partial charge on any atom is 0.131 e. The van der Waals surface area contributed by atoms with E-state index >= 15 is 0 Å². The van der Waals surface area contributed by atoms with Gasteiger partial charge in [-0.1, -0.05) is 23.2 Å². The maximum atomic E-state index is 5.95. The molecule has 0 unspecified atom stereocenters. The van der Waals surface area contributed by atoms with Gasteiger partial charge in [0.05, 0.1) is 25.9 Å². The van der Waals surface area contributed by atoms with Crippen molar-refractivity contribution in [2.45, 2.75) is 27.0 Å². The number of nitrogens with zero attached hydrogens (tertiary/aromatic N) is 2. The predicted octanol–water partition coefficient (Wildman–Crippen LogP) is 4.86. The lowest BCUT2D eigenvalue weighted by Gasteiger charge is -2.09. The van der Waals surface area contributed by atoms with Crippen molar-refractivity contribution in [3.63, 3.8) is 0 Å². The van der Waals surface area contributed by atoms with E-state index in [0.29, 0.717) is 22.4 Å². The molecular formula is C13H13BrCl2N2O. The highest BCUT2D eigenvalue weighted by Crippen LogP contribution is 2.28. The summed E-state index contributed by atoms with van der Waals surface area (Å²) < 4.78 is 8.63. The van der Waals surface area contributed by atoms with Gasteiger partial charge in [-0.2, -0.15) is 5.10 Å². The fourth-order valence-electron chi connectivity index (χ4n) is 1.73. The van der Waals surface area contributed by atoms with Crippen LogP contribution in [0.5, 0.6) is 5.75 Å². The lowest BCUT2D eigenvalue weighted by molar-refractivity contribution is 0.291. The Hall–Kier alpha value is -0.710. The fraction of sp³-hybridized carbons (Fsp3) is 0.308. The molecule has 0 spiro atoms. The van der Waals surface area contributed by atoms with Gasteiger partial charge in [0.2, 0.25) is 0 Å². The highest BCUT2D eigenvalue weighted by molar-refractivity contribution is 9.10. The van der Waals surface area contributed by atoms with E-state index < -0.39 is 0 Å². The second-order valence-electron chi connectivity index (χ2n) is 4.03. The summed E-state index contributed by atoms with van der Waals surface area (Å²) in [4.78, 5) is 0. The summed E-state index contributed by atoms with van der Waals surface area (Å²) in [5, 5.41) is 5.42. The monoisotopic (exact) mass is 362 g/mol. The lowest BCUT2D eigenvalue weighted by Crippen LogP contribution is -2.06. The summed E-state index contributed by atoms with van der Waals surface area (Å²) in [6.45, 7) is 5.22. The van der Waals surface area contributed by atoms with Crippen molar-refractivity contribution in [3.8, 4) is 5.75 Å². The molecule has 0 atom stereocenters. The average molecular weight is 364 g/mol. The largest absolute Gasteiger partial charge is 0.487 e. The third-order valence-corrected chi connectivity index (χ3v) is 4.49. The Morgan fingerprint density at radius 2 is 2.05 bits per heavy atom. The van der Waals surface area contributed by atoms with Crippen LogP contribution in [0, 0.1) is 6.92 Å². The first kappa shape index (κ1) is 14.7. The molecule has 19 heavy (non-hydrogen) atoms. The Bertz CT molecular complexity index is 599. The summed E-state index contributed by atoms with van der Waals surface area (Å²) in [6.07, 6.45) is 0. The first-order valence-corrected chi connectivity index (χ1v) is 7.37. The molecule has 0 aliphatic rings. The van der Waals surface area contributed by atoms with Crippen molar-refractivity contribution in [1.82, 2.24) is 9.78 Å². The van der Waals surface area contributed by atoms with Crippen LogP contribution in [-0.4, -0.2) is 9.78 Å². The van der Waals surface area contributed by atoms with Crippen molar-refractivity contribution in [2.75, 3.05) is 0 Å². The Labute approximate surface area is 130 Å². The van der Waals surface area contributed by atoms with Gasteiger partial charge < -0.3 is 4.74 Å². The Balaban J connectivity index is 2.16. The molecule has 0 saturated heterocycles. The molecule has 0 bridgehead atoms. The molecule has 0 N–H and O–H groups in total. The molecule has 0 aliphatic carbocycles. The minimum absolute atomic E-state index is 0.424. The van der Waals surface area contributed by atoms with Gasteiger partial charge in [0, 0.05) is 12.6 Å². The molecule has 1 heterocycles. The van der Waals surface area contributed by atoms with E-state index in [1.807, 2.05) is 18.5 Å². The number of hydrogen-bond donors (Lipinski definition) is 0. The second-order valence-corrected chi connectivity index (χ2v) is 5.63. The average Bonchev–Trinajstić information content (AvgIpc) is 2.67. The Morgan fingerprint density at radius 3 is 2.68 bits per heavy atom. The summed E-state index contributed by atoms with van der Waals surface area (Å²) in [6, 6.07) is 5.22. The highest BCUT2D eigenvalue weighted by Gasteiger charge is 2.12. The van der Waals surface area contributed by atoms with Crippen LogP contribution in [0.4, 0.5) is 0 Å². The molecule has 0 amide bonds. The summed E-state index contributed by atoms with van der Waals surface area (Å²) in [5.74, 6) is 0.683. The van der Waals surface area contributed by atoms with Crippen LogP contribution in [0.2, 0.25) is 10.0 Å². The second kappa shape index (κ2) is 6.16. The van der Waals surface area contributed by atoms with E-state index in [1.165, 1.54) is 0 Å². The quantitative estimate of drug-likeness (QED) is 0.775. The Kier molecular flexibility index (Phi) is 4.76. The molecule has 0 aliphatic heterocycles. The highest BCUT2D eigenvalue weighted by atomic mass is 79.9. The van der Waals surface area contributed by atoms with Crippen molar-refractivity contribution in [2.24, 2.45) is 0 Å². The third-order valence-electron chi connectivity index (χ3n) is 2.72. The van der Waals surface area contributed by atoms with E-state index in [0.717, 1.165) is 22.4 Å². The van der Waals surface area contributed by atoms with Gasteiger partial charge in [0.25, 0.3) is 0 Å². The fourth-order valence-corrected chi connectivity index (χ4v) is 2.41. The van der Waals surface area contributed by atoms with E-state index in [1.54, 1.807) is 18.2 Å². The van der Waals surface area contributed by atoms with Crippen molar-refractivity contribution in [3.05, 3.63) is 44.1 Å². The summed E-state index contributed by atoms with van der Waals surface area (Å²) in [5.41, 5.74) is 1.96. The predicted molar refractivity (Wildman–Crippen MR) is 81.1 cm³/mol. The smallest absolute Gasteiger partial charge is 0.131 e. The van der Waals surface area contributed by atoms with E-state index in [4.69, 9.17) is 27.9 Å². The van der Waals surface area contributed by atoms with Gasteiger partial charge in [-0.25, -0.2) is 0 Å². The number of ether oxygens (including phenoxy) is 1. The molecule has 102 valence electrons. The number of hydrogen-bond acceptors (Lipinski definition) is 2. The Morgan fingerprint density at radius 1 is 1.32 bits per heavy atom. The minimum Gasteiger partial charge on any atom is -0.487 e. The van der Waals surface area contributed by atoms with Crippen LogP contribution in [0.3, 0.4) is 0 Å². The first-order chi connectivity index (χ1) is 9.02.